The number of benzene rings is 1. The Balaban J connectivity index is 1.29. The summed E-state index contributed by atoms with van der Waals surface area (Å²) in [7, 11) is 0. The number of hydrogen-bond acceptors (Lipinski definition) is 7. The molecule has 0 radical (unpaired) electrons. The van der Waals surface area contributed by atoms with Gasteiger partial charge in [-0.2, -0.15) is 0 Å². The summed E-state index contributed by atoms with van der Waals surface area (Å²) in [5.41, 5.74) is 0.216. The summed E-state index contributed by atoms with van der Waals surface area (Å²) in [5.74, 6) is 1.19. The third-order valence-electron chi connectivity index (χ3n) is 5.18. The highest BCUT2D eigenvalue weighted by Crippen LogP contribution is 2.20. The third-order valence-corrected chi connectivity index (χ3v) is 5.18. The minimum atomic E-state index is -0.425. The van der Waals surface area contributed by atoms with E-state index < -0.39 is 5.82 Å². The minimum Gasteiger partial charge on any atom is -0.378 e. The highest BCUT2D eigenvalue weighted by atomic mass is 19.1. The molecule has 0 saturated carbocycles. The Morgan fingerprint density at radius 1 is 1.00 bits per heavy atom. The molecule has 2 saturated heterocycles. The molecule has 3 heterocycles. The van der Waals surface area contributed by atoms with Crippen molar-refractivity contribution in [2.75, 3.05) is 74.1 Å². The van der Waals surface area contributed by atoms with Crippen LogP contribution in [0.3, 0.4) is 0 Å². The van der Waals surface area contributed by atoms with Gasteiger partial charge < -0.3 is 19.9 Å². The van der Waals surface area contributed by atoms with Crippen LogP contribution in [-0.4, -0.2) is 79.8 Å². The van der Waals surface area contributed by atoms with E-state index in [0.717, 1.165) is 50.9 Å². The van der Waals surface area contributed by atoms with Crippen LogP contribution in [0.4, 0.5) is 21.7 Å². The number of halogens is 1. The van der Waals surface area contributed by atoms with Crippen molar-refractivity contribution in [3.63, 3.8) is 0 Å². The minimum absolute atomic E-state index is 0.208. The van der Waals surface area contributed by atoms with Crippen LogP contribution in [0.15, 0.2) is 36.7 Å². The molecule has 0 unspecified atom stereocenters. The molecule has 2 fully saturated rings. The van der Waals surface area contributed by atoms with Crippen molar-refractivity contribution >= 4 is 23.2 Å². The summed E-state index contributed by atoms with van der Waals surface area (Å²) >= 11 is 0. The van der Waals surface area contributed by atoms with Gasteiger partial charge in [0.1, 0.15) is 23.8 Å². The largest absolute Gasteiger partial charge is 0.378 e. The maximum absolute atomic E-state index is 13.7. The Kier molecular flexibility index (Phi) is 6.16. The number of para-hydroxylation sites is 1. The van der Waals surface area contributed by atoms with E-state index in [2.05, 4.69) is 30.0 Å². The van der Waals surface area contributed by atoms with Crippen LogP contribution < -0.4 is 15.1 Å². The lowest BCUT2D eigenvalue weighted by Gasteiger charge is -2.35. The van der Waals surface area contributed by atoms with Crippen molar-refractivity contribution in [1.82, 2.24) is 14.9 Å². The fourth-order valence-corrected chi connectivity index (χ4v) is 3.57. The number of rotatable bonds is 5. The van der Waals surface area contributed by atoms with Crippen LogP contribution in [0.2, 0.25) is 0 Å². The molecule has 2 aromatic rings. The average molecular weight is 400 g/mol. The van der Waals surface area contributed by atoms with E-state index >= 15 is 0 Å². The first-order valence-corrected chi connectivity index (χ1v) is 9.85. The number of carbonyl (C=O) groups excluding carboxylic acids is 1. The number of carbonyl (C=O) groups is 1. The first-order valence-electron chi connectivity index (χ1n) is 9.85. The van der Waals surface area contributed by atoms with Gasteiger partial charge >= 0.3 is 0 Å². The van der Waals surface area contributed by atoms with Crippen molar-refractivity contribution in [2.45, 2.75) is 0 Å². The van der Waals surface area contributed by atoms with Gasteiger partial charge in [-0.1, -0.05) is 12.1 Å². The number of amides is 1. The lowest BCUT2D eigenvalue weighted by atomic mass is 10.2. The second kappa shape index (κ2) is 9.15. The molecule has 29 heavy (non-hydrogen) atoms. The van der Waals surface area contributed by atoms with Gasteiger partial charge in [0, 0.05) is 45.3 Å². The van der Waals surface area contributed by atoms with Crippen LogP contribution >= 0.6 is 0 Å². The number of hydrogen-bond donors (Lipinski definition) is 1. The summed E-state index contributed by atoms with van der Waals surface area (Å²) in [4.78, 5) is 27.5. The molecule has 0 bridgehead atoms. The molecule has 2 aliphatic heterocycles. The zero-order valence-corrected chi connectivity index (χ0v) is 16.3. The molecule has 1 amide bonds. The normalized spacial score (nSPS) is 18.0. The average Bonchev–Trinajstić information content (AvgIpc) is 2.77. The van der Waals surface area contributed by atoms with Crippen LogP contribution in [0, 0.1) is 5.82 Å². The summed E-state index contributed by atoms with van der Waals surface area (Å²) in [5, 5.41) is 2.64. The second-order valence-electron chi connectivity index (χ2n) is 7.13. The lowest BCUT2D eigenvalue weighted by Crippen LogP contribution is -2.49. The number of anilines is 3. The number of nitrogens with zero attached hydrogens (tertiary/aromatic N) is 5. The first-order chi connectivity index (χ1) is 14.2. The van der Waals surface area contributed by atoms with Crippen LogP contribution in [0.5, 0.6) is 0 Å². The number of piperazine rings is 1. The van der Waals surface area contributed by atoms with E-state index in [1.165, 1.54) is 6.07 Å². The molecular weight excluding hydrogens is 375 g/mol. The van der Waals surface area contributed by atoms with Gasteiger partial charge in [0.25, 0.3) is 0 Å². The Hall–Kier alpha value is -2.78. The highest BCUT2D eigenvalue weighted by Gasteiger charge is 2.21. The molecule has 154 valence electrons. The number of morpholine rings is 1. The van der Waals surface area contributed by atoms with Crippen LogP contribution in [-0.2, 0) is 9.53 Å². The Morgan fingerprint density at radius 2 is 1.66 bits per heavy atom. The van der Waals surface area contributed by atoms with Gasteiger partial charge in [-0.25, -0.2) is 14.4 Å². The molecule has 2 aliphatic rings. The Morgan fingerprint density at radius 3 is 2.34 bits per heavy atom. The molecule has 1 N–H and O–H groups in total. The van der Waals surface area contributed by atoms with Crippen molar-refractivity contribution in [3.05, 3.63) is 42.5 Å². The Bertz CT molecular complexity index is 837. The van der Waals surface area contributed by atoms with Crippen LogP contribution in [0.25, 0.3) is 0 Å². The maximum atomic E-state index is 13.7. The molecule has 1 aromatic carbocycles. The zero-order chi connectivity index (χ0) is 20.1. The molecule has 8 nitrogen and oxygen atoms in total. The van der Waals surface area contributed by atoms with E-state index in [0.29, 0.717) is 13.2 Å². The molecule has 0 atom stereocenters. The summed E-state index contributed by atoms with van der Waals surface area (Å²) in [6.45, 7) is 6.36. The lowest BCUT2D eigenvalue weighted by molar-refractivity contribution is -0.117. The first kappa shape index (κ1) is 19.5. The topological polar surface area (TPSA) is 73.8 Å². The van der Waals surface area contributed by atoms with E-state index in [-0.39, 0.29) is 18.1 Å². The Labute approximate surface area is 169 Å². The van der Waals surface area contributed by atoms with Gasteiger partial charge in [0.2, 0.25) is 5.91 Å². The summed E-state index contributed by atoms with van der Waals surface area (Å²) in [6, 6.07) is 8.21. The molecule has 9 heteroatoms. The standard InChI is InChI=1S/C20H25FN6O2/c21-16-3-1-2-4-17(16)24-20(28)14-25-5-7-26(8-6-25)18-13-19(23-15-22-18)27-9-11-29-12-10-27/h1-4,13,15H,5-12,14H2,(H,24,28). The predicted octanol–water partition coefficient (Wildman–Crippen LogP) is 1.21. The summed E-state index contributed by atoms with van der Waals surface area (Å²) < 4.78 is 19.1. The van der Waals surface area contributed by atoms with E-state index in [4.69, 9.17) is 4.74 Å². The van der Waals surface area contributed by atoms with E-state index in [1.807, 2.05) is 6.07 Å². The zero-order valence-electron chi connectivity index (χ0n) is 16.3. The van der Waals surface area contributed by atoms with Gasteiger partial charge in [0.05, 0.1) is 25.4 Å². The number of aromatic nitrogens is 2. The smallest absolute Gasteiger partial charge is 0.238 e. The van der Waals surface area contributed by atoms with Crippen molar-refractivity contribution in [3.8, 4) is 0 Å². The quantitative estimate of drug-likeness (QED) is 0.809. The van der Waals surface area contributed by atoms with Gasteiger partial charge in [-0.3, -0.25) is 9.69 Å². The SMILES string of the molecule is O=C(CN1CCN(c2cc(N3CCOCC3)ncn2)CC1)Nc1ccccc1F. The highest BCUT2D eigenvalue weighted by molar-refractivity contribution is 5.92. The van der Waals surface area contributed by atoms with E-state index in [1.54, 1.807) is 24.5 Å². The molecule has 0 aliphatic carbocycles. The number of nitrogens with one attached hydrogen (secondary N) is 1. The molecule has 1 aromatic heterocycles. The van der Waals surface area contributed by atoms with Crippen molar-refractivity contribution in [2.24, 2.45) is 0 Å². The van der Waals surface area contributed by atoms with Crippen LogP contribution in [0.1, 0.15) is 0 Å². The molecule has 0 spiro atoms. The van der Waals surface area contributed by atoms with Gasteiger partial charge in [-0.15, -0.1) is 0 Å². The molecular formula is C20H25FN6O2. The van der Waals surface area contributed by atoms with E-state index in [9.17, 15) is 9.18 Å². The van der Waals surface area contributed by atoms with Crippen molar-refractivity contribution in [1.29, 1.82) is 0 Å². The predicted molar refractivity (Wildman–Crippen MR) is 109 cm³/mol. The molecule has 4 rings (SSSR count). The van der Waals surface area contributed by atoms with Gasteiger partial charge in [0.15, 0.2) is 0 Å². The van der Waals surface area contributed by atoms with Gasteiger partial charge in [-0.05, 0) is 12.1 Å². The monoisotopic (exact) mass is 400 g/mol. The summed E-state index contributed by atoms with van der Waals surface area (Å²) in [6.07, 6.45) is 1.61. The maximum Gasteiger partial charge on any atom is 0.238 e. The fourth-order valence-electron chi connectivity index (χ4n) is 3.57. The van der Waals surface area contributed by atoms with Crippen molar-refractivity contribution < 1.29 is 13.9 Å². The third kappa shape index (κ3) is 4.99. The second-order valence-corrected chi connectivity index (χ2v) is 7.13. The fraction of sp³-hybridized carbons (Fsp3) is 0.450. The number of ether oxygens (including phenoxy) is 1.